The summed E-state index contributed by atoms with van der Waals surface area (Å²) in [6, 6.07) is 1.05. The standard InChI is InChI=1S/C22H51N3O2Si/c1-10-23(11-2)18-22(19-24(12-3)13-4,20-25(14-5)15-6)21-28(9,26-16-7)27-17-8/h10-21H2,1-9H3. The van der Waals surface area contributed by atoms with Gasteiger partial charge in [-0.05, 0) is 59.7 Å². The van der Waals surface area contributed by atoms with Crippen LogP contribution in [0.2, 0.25) is 12.6 Å². The molecule has 0 unspecified atom stereocenters. The van der Waals surface area contributed by atoms with Gasteiger partial charge in [-0.2, -0.15) is 0 Å². The molecule has 0 spiro atoms. The van der Waals surface area contributed by atoms with E-state index in [9.17, 15) is 0 Å². The maximum Gasteiger partial charge on any atom is 0.335 e. The summed E-state index contributed by atoms with van der Waals surface area (Å²) in [4.78, 5) is 7.79. The first-order chi connectivity index (χ1) is 13.3. The second-order valence-corrected chi connectivity index (χ2v) is 11.3. The molecule has 0 aliphatic heterocycles. The van der Waals surface area contributed by atoms with Gasteiger partial charge in [-0.1, -0.05) is 41.5 Å². The van der Waals surface area contributed by atoms with Crippen LogP contribution in [0.1, 0.15) is 55.4 Å². The van der Waals surface area contributed by atoms with Crippen molar-refractivity contribution in [3.63, 3.8) is 0 Å². The highest BCUT2D eigenvalue weighted by atomic mass is 28.4. The van der Waals surface area contributed by atoms with Crippen molar-refractivity contribution in [3.05, 3.63) is 0 Å². The summed E-state index contributed by atoms with van der Waals surface area (Å²) in [6.45, 7) is 31.5. The van der Waals surface area contributed by atoms with E-state index in [1.54, 1.807) is 0 Å². The van der Waals surface area contributed by atoms with Crippen LogP contribution in [0.15, 0.2) is 0 Å². The van der Waals surface area contributed by atoms with Gasteiger partial charge in [0.1, 0.15) is 0 Å². The molecule has 0 aliphatic carbocycles. The van der Waals surface area contributed by atoms with Crippen LogP contribution in [0.4, 0.5) is 0 Å². The van der Waals surface area contributed by atoms with Crippen LogP contribution in [-0.4, -0.2) is 95.4 Å². The van der Waals surface area contributed by atoms with Gasteiger partial charge >= 0.3 is 8.56 Å². The smallest absolute Gasteiger partial charge is 0.335 e. The van der Waals surface area contributed by atoms with Crippen LogP contribution >= 0.6 is 0 Å². The Kier molecular flexibility index (Phi) is 14.9. The van der Waals surface area contributed by atoms with Crippen molar-refractivity contribution in [2.75, 3.05) is 72.1 Å². The van der Waals surface area contributed by atoms with Crippen molar-refractivity contribution in [2.24, 2.45) is 5.41 Å². The van der Waals surface area contributed by atoms with E-state index < -0.39 is 8.56 Å². The highest BCUT2D eigenvalue weighted by Gasteiger charge is 2.45. The molecule has 0 heterocycles. The van der Waals surface area contributed by atoms with E-state index in [-0.39, 0.29) is 5.41 Å². The molecule has 28 heavy (non-hydrogen) atoms. The summed E-state index contributed by atoms with van der Waals surface area (Å²) in [5.41, 5.74) is 0.148. The van der Waals surface area contributed by atoms with Crippen LogP contribution in [-0.2, 0) is 8.85 Å². The van der Waals surface area contributed by atoms with Crippen LogP contribution in [0, 0.1) is 5.41 Å². The molecule has 0 rings (SSSR count). The van der Waals surface area contributed by atoms with Crippen molar-refractivity contribution < 1.29 is 8.85 Å². The van der Waals surface area contributed by atoms with Crippen LogP contribution in [0.5, 0.6) is 0 Å². The fourth-order valence-corrected chi connectivity index (χ4v) is 7.72. The molecule has 0 bridgehead atoms. The van der Waals surface area contributed by atoms with E-state index in [0.29, 0.717) is 0 Å². The molecule has 6 heteroatoms. The molecule has 0 radical (unpaired) electrons. The Morgan fingerprint density at radius 1 is 0.571 bits per heavy atom. The van der Waals surface area contributed by atoms with Crippen molar-refractivity contribution in [2.45, 2.75) is 68.0 Å². The SMILES string of the molecule is CCO[Si](C)(CC(CN(CC)CC)(CN(CC)CC)CN(CC)CC)OCC. The Bertz CT molecular complexity index is 331. The van der Waals surface area contributed by atoms with E-state index in [0.717, 1.165) is 78.2 Å². The molecule has 5 nitrogen and oxygen atoms in total. The van der Waals surface area contributed by atoms with Crippen LogP contribution < -0.4 is 0 Å². The van der Waals surface area contributed by atoms with Crippen molar-refractivity contribution in [1.82, 2.24) is 14.7 Å². The zero-order chi connectivity index (χ0) is 21.6. The quantitative estimate of drug-likeness (QED) is 0.313. The molecule has 0 saturated carbocycles. The molecule has 0 N–H and O–H groups in total. The Balaban J connectivity index is 6.07. The van der Waals surface area contributed by atoms with E-state index in [2.05, 4.69) is 76.6 Å². The second-order valence-electron chi connectivity index (χ2n) is 8.06. The molecule has 0 saturated heterocycles. The fourth-order valence-electron chi connectivity index (χ4n) is 4.52. The van der Waals surface area contributed by atoms with Crippen LogP contribution in [0.3, 0.4) is 0 Å². The first-order valence-electron chi connectivity index (χ1n) is 11.8. The summed E-state index contributed by atoms with van der Waals surface area (Å²) < 4.78 is 12.7. The maximum atomic E-state index is 6.33. The van der Waals surface area contributed by atoms with Gasteiger partial charge in [-0.3, -0.25) is 0 Å². The molecule has 0 amide bonds. The zero-order valence-corrected chi connectivity index (χ0v) is 21.6. The first kappa shape index (κ1) is 28.0. The largest absolute Gasteiger partial charge is 0.395 e. The number of rotatable bonds is 18. The fraction of sp³-hybridized carbons (Fsp3) is 1.00. The molecule has 0 fully saturated rings. The molecular formula is C22H51N3O2Si. The van der Waals surface area contributed by atoms with Crippen molar-refractivity contribution in [1.29, 1.82) is 0 Å². The van der Waals surface area contributed by atoms with E-state index >= 15 is 0 Å². The lowest BCUT2D eigenvalue weighted by molar-refractivity contribution is 0.0628. The number of hydrogen-bond donors (Lipinski definition) is 0. The Morgan fingerprint density at radius 2 is 0.857 bits per heavy atom. The van der Waals surface area contributed by atoms with Crippen molar-refractivity contribution in [3.8, 4) is 0 Å². The average molecular weight is 418 g/mol. The normalized spacial score (nSPS) is 13.3. The molecule has 0 aliphatic rings. The van der Waals surface area contributed by atoms with Crippen LogP contribution in [0.25, 0.3) is 0 Å². The lowest BCUT2D eigenvalue weighted by atomic mass is 9.87. The zero-order valence-electron chi connectivity index (χ0n) is 20.6. The summed E-state index contributed by atoms with van der Waals surface area (Å²) in [7, 11) is -2.24. The van der Waals surface area contributed by atoms with E-state index in [4.69, 9.17) is 8.85 Å². The van der Waals surface area contributed by atoms with Gasteiger partial charge in [0.25, 0.3) is 0 Å². The first-order valence-corrected chi connectivity index (χ1v) is 14.3. The summed E-state index contributed by atoms with van der Waals surface area (Å²) in [6.07, 6.45) is 0. The summed E-state index contributed by atoms with van der Waals surface area (Å²) >= 11 is 0. The maximum absolute atomic E-state index is 6.33. The Labute approximate surface area is 178 Å². The van der Waals surface area contributed by atoms with Gasteiger partial charge in [0.15, 0.2) is 0 Å². The van der Waals surface area contributed by atoms with Crippen molar-refractivity contribution >= 4 is 8.56 Å². The van der Waals surface area contributed by atoms with E-state index in [1.807, 2.05) is 0 Å². The third-order valence-electron chi connectivity index (χ3n) is 5.96. The molecule has 0 aromatic rings. The highest BCUT2D eigenvalue weighted by molar-refractivity contribution is 6.66. The minimum atomic E-state index is -2.24. The minimum absolute atomic E-state index is 0.148. The summed E-state index contributed by atoms with van der Waals surface area (Å²) in [5.74, 6) is 0. The predicted molar refractivity (Wildman–Crippen MR) is 125 cm³/mol. The Morgan fingerprint density at radius 3 is 1.07 bits per heavy atom. The number of hydrogen-bond acceptors (Lipinski definition) is 5. The third-order valence-corrected chi connectivity index (χ3v) is 9.15. The summed E-state index contributed by atoms with van der Waals surface area (Å²) in [5, 5.41) is 0. The van der Waals surface area contributed by atoms with Gasteiger partial charge in [-0.15, -0.1) is 0 Å². The third kappa shape index (κ3) is 9.68. The topological polar surface area (TPSA) is 28.2 Å². The molecule has 0 atom stereocenters. The minimum Gasteiger partial charge on any atom is -0.395 e. The van der Waals surface area contributed by atoms with Gasteiger partial charge < -0.3 is 23.6 Å². The highest BCUT2D eigenvalue weighted by Crippen LogP contribution is 2.34. The average Bonchev–Trinajstić information content (AvgIpc) is 2.68. The monoisotopic (exact) mass is 417 g/mol. The predicted octanol–water partition coefficient (Wildman–Crippen LogP) is 4.14. The van der Waals surface area contributed by atoms with E-state index in [1.165, 1.54) is 0 Å². The van der Waals surface area contributed by atoms with Gasteiger partial charge in [-0.25, -0.2) is 0 Å². The van der Waals surface area contributed by atoms with Gasteiger partial charge in [0.05, 0.1) is 0 Å². The molecule has 0 aromatic heterocycles. The lowest BCUT2D eigenvalue weighted by Crippen LogP contribution is -2.56. The van der Waals surface area contributed by atoms with Gasteiger partial charge in [0.2, 0.25) is 0 Å². The number of nitrogens with zero attached hydrogens (tertiary/aromatic N) is 3. The van der Waals surface area contributed by atoms with Gasteiger partial charge in [0, 0.05) is 44.3 Å². The Hall–Kier alpha value is 0.0169. The second kappa shape index (κ2) is 14.9. The molecule has 0 aromatic carbocycles. The molecular weight excluding hydrogens is 366 g/mol. The molecule has 170 valence electrons. The lowest BCUT2D eigenvalue weighted by Gasteiger charge is -2.46.